The number of nitrogens with zero attached hydrogens (tertiary/aromatic N) is 2. The molecule has 5 heteroatoms. The average molecular weight is 309 g/mol. The van der Waals surface area contributed by atoms with Crippen LogP contribution in [0.3, 0.4) is 0 Å². The molecule has 106 valence electrons. The Morgan fingerprint density at radius 1 is 1.30 bits per heavy atom. The molecule has 0 spiro atoms. The largest absolute Gasteiger partial charge is 0.497 e. The highest BCUT2D eigenvalue weighted by atomic mass is 35.5. The summed E-state index contributed by atoms with van der Waals surface area (Å²) in [6, 6.07) is 7.90. The van der Waals surface area contributed by atoms with Gasteiger partial charge in [-0.2, -0.15) is 0 Å². The Morgan fingerprint density at radius 3 is 2.80 bits per heavy atom. The predicted molar refractivity (Wildman–Crippen MR) is 82.9 cm³/mol. The molecule has 1 heterocycles. The highest BCUT2D eigenvalue weighted by Crippen LogP contribution is 2.32. The van der Waals surface area contributed by atoms with Gasteiger partial charge in [0.05, 0.1) is 7.11 Å². The third kappa shape index (κ3) is 3.64. The Hall–Kier alpha value is -1.26. The second kappa shape index (κ2) is 6.95. The summed E-state index contributed by atoms with van der Waals surface area (Å²) in [6.45, 7) is 4.05. The monoisotopic (exact) mass is 308 g/mol. The summed E-state index contributed by atoms with van der Waals surface area (Å²) in [7, 11) is 1.66. The Labute approximate surface area is 128 Å². The van der Waals surface area contributed by atoms with E-state index in [0.717, 1.165) is 39.9 Å². The van der Waals surface area contributed by atoms with Gasteiger partial charge in [0.15, 0.2) is 0 Å². The zero-order valence-corrected chi connectivity index (χ0v) is 13.4. The van der Waals surface area contributed by atoms with Gasteiger partial charge in [0.1, 0.15) is 21.8 Å². The summed E-state index contributed by atoms with van der Waals surface area (Å²) in [5.41, 5.74) is 0.916. The smallest absolute Gasteiger partial charge is 0.136 e. The van der Waals surface area contributed by atoms with Crippen LogP contribution in [0.25, 0.3) is 0 Å². The van der Waals surface area contributed by atoms with Crippen molar-refractivity contribution < 1.29 is 4.74 Å². The first-order valence-corrected chi connectivity index (χ1v) is 7.68. The van der Waals surface area contributed by atoms with Gasteiger partial charge in [-0.25, -0.2) is 9.97 Å². The minimum Gasteiger partial charge on any atom is -0.497 e. The van der Waals surface area contributed by atoms with Crippen molar-refractivity contribution in [2.24, 2.45) is 0 Å². The minimum atomic E-state index is 0.536. The van der Waals surface area contributed by atoms with E-state index in [-0.39, 0.29) is 0 Å². The second-order valence-corrected chi connectivity index (χ2v) is 5.81. The van der Waals surface area contributed by atoms with Crippen molar-refractivity contribution in [2.75, 3.05) is 7.11 Å². The molecule has 0 fully saturated rings. The third-order valence-electron chi connectivity index (χ3n) is 2.82. The number of benzene rings is 1. The van der Waals surface area contributed by atoms with Gasteiger partial charge in [0.25, 0.3) is 0 Å². The highest BCUT2D eigenvalue weighted by molar-refractivity contribution is 7.99. The average Bonchev–Trinajstić information content (AvgIpc) is 2.45. The van der Waals surface area contributed by atoms with Crippen LogP contribution in [0.2, 0.25) is 5.15 Å². The summed E-state index contributed by atoms with van der Waals surface area (Å²) in [6.07, 6.45) is 1.84. The molecule has 1 aromatic carbocycles. The fraction of sp³-hybridized carbons (Fsp3) is 0.333. The molecule has 3 nitrogen and oxygen atoms in total. The fourth-order valence-electron chi connectivity index (χ4n) is 1.72. The maximum atomic E-state index is 6.19. The first-order valence-electron chi connectivity index (χ1n) is 6.49. The number of methoxy groups -OCH3 is 1. The maximum absolute atomic E-state index is 6.19. The van der Waals surface area contributed by atoms with Gasteiger partial charge in [-0.15, -0.1) is 0 Å². The van der Waals surface area contributed by atoms with Crippen molar-refractivity contribution in [3.8, 4) is 5.75 Å². The number of hydrogen-bond donors (Lipinski definition) is 0. The molecule has 0 atom stereocenters. The molecule has 0 aliphatic carbocycles. The van der Waals surface area contributed by atoms with Gasteiger partial charge < -0.3 is 4.74 Å². The highest BCUT2D eigenvalue weighted by Gasteiger charge is 2.11. The lowest BCUT2D eigenvalue weighted by Crippen LogP contribution is -1.99. The van der Waals surface area contributed by atoms with Crippen LogP contribution in [0.15, 0.2) is 34.2 Å². The van der Waals surface area contributed by atoms with E-state index in [1.807, 2.05) is 31.2 Å². The van der Waals surface area contributed by atoms with E-state index in [2.05, 4.69) is 16.9 Å². The number of hydrogen-bond acceptors (Lipinski definition) is 4. The van der Waals surface area contributed by atoms with Gasteiger partial charge in [0, 0.05) is 16.9 Å². The molecule has 0 amide bonds. The number of halogens is 1. The van der Waals surface area contributed by atoms with Gasteiger partial charge in [-0.3, -0.25) is 0 Å². The third-order valence-corrected chi connectivity index (χ3v) is 4.27. The van der Waals surface area contributed by atoms with Crippen LogP contribution in [-0.4, -0.2) is 17.1 Å². The second-order valence-electron chi connectivity index (χ2n) is 4.39. The Balaban J connectivity index is 2.31. The number of rotatable bonds is 5. The molecule has 0 N–H and O–H groups in total. The number of aryl methyl sites for hydroxylation is 1. The summed E-state index contributed by atoms with van der Waals surface area (Å²) < 4.78 is 5.24. The van der Waals surface area contributed by atoms with Crippen LogP contribution in [0.1, 0.15) is 24.7 Å². The van der Waals surface area contributed by atoms with Crippen molar-refractivity contribution in [3.05, 3.63) is 40.8 Å². The minimum absolute atomic E-state index is 0.536. The van der Waals surface area contributed by atoms with Crippen molar-refractivity contribution in [1.29, 1.82) is 0 Å². The maximum Gasteiger partial charge on any atom is 0.136 e. The standard InChI is InChI=1S/C15H17ClN2OS/c1-4-6-13-17-14(16)10(2)15(18-13)20-12-8-5-7-11(9-12)19-3/h5,7-9H,4,6H2,1-3H3. The van der Waals surface area contributed by atoms with Crippen LogP contribution in [0.5, 0.6) is 5.75 Å². The van der Waals surface area contributed by atoms with Crippen molar-refractivity contribution in [3.63, 3.8) is 0 Å². The van der Waals surface area contributed by atoms with Crippen molar-refractivity contribution in [1.82, 2.24) is 9.97 Å². The lowest BCUT2D eigenvalue weighted by atomic mass is 10.3. The van der Waals surface area contributed by atoms with Crippen LogP contribution in [0.4, 0.5) is 0 Å². The molecule has 0 aliphatic heterocycles. The quantitative estimate of drug-likeness (QED) is 0.759. The van der Waals surface area contributed by atoms with E-state index in [9.17, 15) is 0 Å². The normalized spacial score (nSPS) is 10.6. The summed E-state index contributed by atoms with van der Waals surface area (Å²) in [5.74, 6) is 1.63. The lowest BCUT2D eigenvalue weighted by Gasteiger charge is -2.09. The molecule has 0 unspecified atom stereocenters. The molecule has 0 aliphatic rings. The van der Waals surface area contributed by atoms with Gasteiger partial charge in [0.2, 0.25) is 0 Å². The molecule has 2 aromatic rings. The lowest BCUT2D eigenvalue weighted by molar-refractivity contribution is 0.413. The van der Waals surface area contributed by atoms with E-state index >= 15 is 0 Å². The molecular formula is C15H17ClN2OS. The molecule has 0 saturated heterocycles. The molecule has 0 bridgehead atoms. The first kappa shape index (κ1) is 15.1. The number of aromatic nitrogens is 2. The summed E-state index contributed by atoms with van der Waals surface area (Å²) in [4.78, 5) is 9.99. The first-order chi connectivity index (χ1) is 9.63. The Kier molecular flexibility index (Phi) is 5.26. The van der Waals surface area contributed by atoms with E-state index in [0.29, 0.717) is 5.15 Å². The van der Waals surface area contributed by atoms with Crippen LogP contribution in [0, 0.1) is 6.92 Å². The SMILES string of the molecule is CCCc1nc(Cl)c(C)c(Sc2cccc(OC)c2)n1. The topological polar surface area (TPSA) is 35.0 Å². The Morgan fingerprint density at radius 2 is 2.10 bits per heavy atom. The molecule has 20 heavy (non-hydrogen) atoms. The zero-order valence-electron chi connectivity index (χ0n) is 11.8. The fourth-order valence-corrected chi connectivity index (χ4v) is 2.91. The summed E-state index contributed by atoms with van der Waals surface area (Å²) >= 11 is 7.77. The van der Waals surface area contributed by atoms with Gasteiger partial charge in [-0.05, 0) is 31.5 Å². The Bertz CT molecular complexity index is 604. The van der Waals surface area contributed by atoms with Crippen LogP contribution < -0.4 is 4.74 Å². The number of ether oxygens (including phenoxy) is 1. The van der Waals surface area contributed by atoms with E-state index in [1.54, 1.807) is 18.9 Å². The molecule has 0 saturated carbocycles. The van der Waals surface area contributed by atoms with Gasteiger partial charge in [-0.1, -0.05) is 36.4 Å². The zero-order chi connectivity index (χ0) is 14.5. The molecule has 2 rings (SSSR count). The molecule has 0 radical (unpaired) electrons. The van der Waals surface area contributed by atoms with E-state index < -0.39 is 0 Å². The van der Waals surface area contributed by atoms with Crippen molar-refractivity contribution >= 4 is 23.4 Å². The molecule has 1 aromatic heterocycles. The van der Waals surface area contributed by atoms with Crippen LogP contribution >= 0.6 is 23.4 Å². The molecular weight excluding hydrogens is 292 g/mol. The summed E-state index contributed by atoms with van der Waals surface area (Å²) in [5, 5.41) is 1.44. The van der Waals surface area contributed by atoms with E-state index in [1.165, 1.54) is 0 Å². The predicted octanol–water partition coefficient (Wildman–Crippen LogP) is 4.55. The van der Waals surface area contributed by atoms with Gasteiger partial charge >= 0.3 is 0 Å². The van der Waals surface area contributed by atoms with Crippen molar-refractivity contribution in [2.45, 2.75) is 36.6 Å². The van der Waals surface area contributed by atoms with E-state index in [4.69, 9.17) is 16.3 Å². The van der Waals surface area contributed by atoms with Crippen LogP contribution in [-0.2, 0) is 6.42 Å².